The first kappa shape index (κ1) is 14.3. The van der Waals surface area contributed by atoms with E-state index in [-0.39, 0.29) is 5.91 Å². The Bertz CT molecular complexity index is 667. The number of pyridine rings is 1. The molecule has 102 valence electrons. The van der Waals surface area contributed by atoms with Crippen LogP contribution in [-0.4, -0.2) is 17.4 Å². The molecule has 0 aliphatic carbocycles. The molecule has 5 heteroatoms. The molecule has 0 aliphatic rings. The second-order valence-electron chi connectivity index (χ2n) is 4.15. The molecule has 3 N–H and O–H groups in total. The molecule has 0 unspecified atom stereocenters. The molecule has 0 aromatic carbocycles. The molecule has 2 heterocycles. The predicted molar refractivity (Wildman–Crippen MR) is 80.4 cm³/mol. The summed E-state index contributed by atoms with van der Waals surface area (Å²) < 4.78 is 0. The Balaban J connectivity index is 1.98. The Labute approximate surface area is 122 Å². The van der Waals surface area contributed by atoms with Crippen molar-refractivity contribution in [2.45, 2.75) is 13.5 Å². The molecular formula is C15H15N3OS. The Morgan fingerprint density at radius 1 is 1.45 bits per heavy atom. The van der Waals surface area contributed by atoms with E-state index in [1.807, 2.05) is 19.1 Å². The van der Waals surface area contributed by atoms with Crippen molar-refractivity contribution >= 4 is 17.2 Å². The number of nitrogens with two attached hydrogens (primary N) is 1. The summed E-state index contributed by atoms with van der Waals surface area (Å²) in [4.78, 5) is 17.6. The van der Waals surface area contributed by atoms with E-state index in [0.29, 0.717) is 18.0 Å². The van der Waals surface area contributed by atoms with E-state index in [9.17, 15) is 4.79 Å². The van der Waals surface area contributed by atoms with Gasteiger partial charge in [-0.3, -0.25) is 9.78 Å². The van der Waals surface area contributed by atoms with Gasteiger partial charge in [-0.05, 0) is 36.2 Å². The predicted octanol–water partition coefficient (Wildman–Crippen LogP) is 1.69. The first-order chi connectivity index (χ1) is 9.70. The SMILES string of the molecule is Cc1cnccc1CNC(=O)c1ccc(C#CCN)s1. The lowest BCUT2D eigenvalue weighted by Gasteiger charge is -2.06. The van der Waals surface area contributed by atoms with Gasteiger partial charge in [-0.2, -0.15) is 0 Å². The van der Waals surface area contributed by atoms with E-state index >= 15 is 0 Å². The van der Waals surface area contributed by atoms with Crippen LogP contribution in [-0.2, 0) is 6.54 Å². The maximum atomic E-state index is 12.0. The smallest absolute Gasteiger partial charge is 0.261 e. The normalized spacial score (nSPS) is 9.70. The van der Waals surface area contributed by atoms with E-state index < -0.39 is 0 Å². The highest BCUT2D eigenvalue weighted by Crippen LogP contribution is 2.15. The van der Waals surface area contributed by atoms with E-state index in [2.05, 4.69) is 22.1 Å². The summed E-state index contributed by atoms with van der Waals surface area (Å²) in [5.41, 5.74) is 7.44. The molecule has 1 amide bonds. The monoisotopic (exact) mass is 285 g/mol. The quantitative estimate of drug-likeness (QED) is 0.843. The zero-order chi connectivity index (χ0) is 14.4. The lowest BCUT2D eigenvalue weighted by atomic mass is 10.1. The van der Waals surface area contributed by atoms with E-state index in [1.54, 1.807) is 18.5 Å². The van der Waals surface area contributed by atoms with Gasteiger partial charge in [0.2, 0.25) is 0 Å². The number of nitrogens with zero attached hydrogens (tertiary/aromatic N) is 1. The standard InChI is InChI=1S/C15H15N3OS/c1-11-9-17-8-6-12(11)10-18-15(19)14-5-4-13(20-14)3-2-7-16/h4-6,8-9H,7,10,16H2,1H3,(H,18,19). The fraction of sp³-hybridized carbons (Fsp3) is 0.200. The molecule has 0 saturated carbocycles. The summed E-state index contributed by atoms with van der Waals surface area (Å²) in [5, 5.41) is 2.90. The Hall–Kier alpha value is -2.16. The number of aryl methyl sites for hydroxylation is 1. The minimum Gasteiger partial charge on any atom is -0.347 e. The van der Waals surface area contributed by atoms with E-state index in [4.69, 9.17) is 5.73 Å². The van der Waals surface area contributed by atoms with Crippen LogP contribution >= 0.6 is 11.3 Å². The number of aromatic nitrogens is 1. The van der Waals surface area contributed by atoms with Crippen LogP contribution in [0.5, 0.6) is 0 Å². The van der Waals surface area contributed by atoms with Gasteiger partial charge in [-0.1, -0.05) is 11.8 Å². The largest absolute Gasteiger partial charge is 0.347 e. The zero-order valence-electron chi connectivity index (χ0n) is 11.1. The highest BCUT2D eigenvalue weighted by atomic mass is 32.1. The van der Waals surface area contributed by atoms with Gasteiger partial charge in [-0.15, -0.1) is 11.3 Å². The van der Waals surface area contributed by atoms with Crippen LogP contribution in [0.25, 0.3) is 0 Å². The lowest BCUT2D eigenvalue weighted by molar-refractivity contribution is 0.0955. The first-order valence-electron chi connectivity index (χ1n) is 6.17. The van der Waals surface area contributed by atoms with Gasteiger partial charge < -0.3 is 11.1 Å². The van der Waals surface area contributed by atoms with E-state index in [1.165, 1.54) is 11.3 Å². The maximum absolute atomic E-state index is 12.0. The van der Waals surface area contributed by atoms with Gasteiger partial charge in [-0.25, -0.2) is 0 Å². The average Bonchev–Trinajstić information content (AvgIpc) is 2.93. The average molecular weight is 285 g/mol. The molecule has 0 bridgehead atoms. The van der Waals surface area contributed by atoms with Crippen LogP contribution in [0, 0.1) is 18.8 Å². The maximum Gasteiger partial charge on any atom is 0.261 e. The van der Waals surface area contributed by atoms with Crippen LogP contribution in [0.3, 0.4) is 0 Å². The Morgan fingerprint density at radius 3 is 3.05 bits per heavy atom. The molecule has 2 rings (SSSR count). The molecule has 0 atom stereocenters. The Morgan fingerprint density at radius 2 is 2.30 bits per heavy atom. The van der Waals surface area contributed by atoms with Crippen LogP contribution < -0.4 is 11.1 Å². The number of nitrogens with one attached hydrogen (secondary N) is 1. The number of carbonyl (C=O) groups is 1. The minimum absolute atomic E-state index is 0.0907. The minimum atomic E-state index is -0.0907. The zero-order valence-corrected chi connectivity index (χ0v) is 12.0. The van der Waals surface area contributed by atoms with Crippen molar-refractivity contribution in [3.05, 3.63) is 51.5 Å². The number of hydrogen-bond donors (Lipinski definition) is 2. The van der Waals surface area contributed by atoms with Gasteiger partial charge in [0.05, 0.1) is 16.3 Å². The van der Waals surface area contributed by atoms with Crippen LogP contribution in [0.15, 0.2) is 30.6 Å². The molecule has 2 aromatic rings. The highest BCUT2D eigenvalue weighted by Gasteiger charge is 2.08. The number of hydrogen-bond acceptors (Lipinski definition) is 4. The van der Waals surface area contributed by atoms with Crippen molar-refractivity contribution in [3.63, 3.8) is 0 Å². The molecule has 0 spiro atoms. The number of carbonyl (C=O) groups excluding carboxylic acids is 1. The topological polar surface area (TPSA) is 68.0 Å². The van der Waals surface area contributed by atoms with Crippen molar-refractivity contribution in [2.75, 3.05) is 6.54 Å². The highest BCUT2D eigenvalue weighted by molar-refractivity contribution is 7.14. The molecule has 0 fully saturated rings. The molecule has 0 aliphatic heterocycles. The molecule has 0 radical (unpaired) electrons. The van der Waals surface area contributed by atoms with Gasteiger partial charge in [0.25, 0.3) is 5.91 Å². The second kappa shape index (κ2) is 6.85. The molecule has 4 nitrogen and oxygen atoms in total. The van der Waals surface area contributed by atoms with Gasteiger partial charge in [0, 0.05) is 18.9 Å². The lowest BCUT2D eigenvalue weighted by Crippen LogP contribution is -2.22. The van der Waals surface area contributed by atoms with Crippen LogP contribution in [0.2, 0.25) is 0 Å². The van der Waals surface area contributed by atoms with Gasteiger partial charge in [0.15, 0.2) is 0 Å². The summed E-state index contributed by atoms with van der Waals surface area (Å²) in [7, 11) is 0. The third-order valence-corrected chi connectivity index (χ3v) is 3.72. The summed E-state index contributed by atoms with van der Waals surface area (Å²) >= 11 is 1.37. The van der Waals surface area contributed by atoms with Crippen LogP contribution in [0.4, 0.5) is 0 Å². The van der Waals surface area contributed by atoms with Crippen LogP contribution in [0.1, 0.15) is 25.7 Å². The summed E-state index contributed by atoms with van der Waals surface area (Å²) in [6, 6.07) is 5.52. The third kappa shape index (κ3) is 3.67. The Kier molecular flexibility index (Phi) is 4.88. The number of thiophene rings is 1. The summed E-state index contributed by atoms with van der Waals surface area (Å²) in [5.74, 6) is 5.60. The fourth-order valence-electron chi connectivity index (χ4n) is 1.63. The van der Waals surface area contributed by atoms with Crippen molar-refractivity contribution in [1.82, 2.24) is 10.3 Å². The molecule has 20 heavy (non-hydrogen) atoms. The van der Waals surface area contributed by atoms with Crippen molar-refractivity contribution < 1.29 is 4.79 Å². The first-order valence-corrected chi connectivity index (χ1v) is 6.99. The van der Waals surface area contributed by atoms with Crippen molar-refractivity contribution in [2.24, 2.45) is 5.73 Å². The number of rotatable bonds is 3. The van der Waals surface area contributed by atoms with E-state index in [0.717, 1.165) is 16.0 Å². The second-order valence-corrected chi connectivity index (χ2v) is 5.24. The van der Waals surface area contributed by atoms with Crippen molar-refractivity contribution in [3.8, 4) is 11.8 Å². The summed E-state index contributed by atoms with van der Waals surface area (Å²) in [6.45, 7) is 2.79. The summed E-state index contributed by atoms with van der Waals surface area (Å²) in [6.07, 6.45) is 3.51. The fourth-order valence-corrected chi connectivity index (χ4v) is 2.43. The van der Waals surface area contributed by atoms with Gasteiger partial charge in [0.1, 0.15) is 0 Å². The van der Waals surface area contributed by atoms with Gasteiger partial charge >= 0.3 is 0 Å². The molecule has 2 aromatic heterocycles. The molecular weight excluding hydrogens is 270 g/mol. The third-order valence-electron chi connectivity index (χ3n) is 2.72. The molecule has 0 saturated heterocycles. The number of amides is 1. The van der Waals surface area contributed by atoms with Crippen molar-refractivity contribution in [1.29, 1.82) is 0 Å².